The van der Waals surface area contributed by atoms with Gasteiger partial charge < -0.3 is 0 Å². The van der Waals surface area contributed by atoms with Crippen LogP contribution in [-0.2, 0) is 0 Å². The molecule has 13 heavy (non-hydrogen) atoms. The lowest BCUT2D eigenvalue weighted by atomic mass is 10.1. The van der Waals surface area contributed by atoms with Crippen molar-refractivity contribution in [1.82, 2.24) is 0 Å². The van der Waals surface area contributed by atoms with Crippen molar-refractivity contribution in [2.45, 2.75) is 13.3 Å². The Morgan fingerprint density at radius 1 is 1.54 bits per heavy atom. The fourth-order valence-corrected chi connectivity index (χ4v) is 0.988. The van der Waals surface area contributed by atoms with Crippen molar-refractivity contribution in [3.8, 4) is 6.07 Å². The Hall–Kier alpha value is -1.62. The highest BCUT2D eigenvalue weighted by atomic mass is 14.7. The zero-order valence-electron chi connectivity index (χ0n) is 7.70. The van der Waals surface area contributed by atoms with E-state index in [-0.39, 0.29) is 0 Å². The molecule has 66 valence electrons. The second kappa shape index (κ2) is 5.10. The van der Waals surface area contributed by atoms with Crippen LogP contribution >= 0.6 is 0 Å². The standard InChI is InChI=1S/C11H12N2/c1-2-6-13-9-11-5-3-4-10(7-11)8-12/h3-5,7,9H,2,6H2,1H3. The van der Waals surface area contributed by atoms with E-state index in [0.717, 1.165) is 18.5 Å². The normalized spacial score (nSPS) is 10.2. The average Bonchev–Trinajstić information content (AvgIpc) is 2.19. The fraction of sp³-hybridized carbons (Fsp3) is 0.273. The molecule has 0 fully saturated rings. The van der Waals surface area contributed by atoms with Gasteiger partial charge in [-0.15, -0.1) is 0 Å². The van der Waals surface area contributed by atoms with Crippen LogP contribution in [0.4, 0.5) is 0 Å². The molecule has 0 amide bonds. The monoisotopic (exact) mass is 172 g/mol. The van der Waals surface area contributed by atoms with Crippen LogP contribution in [0.5, 0.6) is 0 Å². The number of rotatable bonds is 3. The Morgan fingerprint density at radius 3 is 3.08 bits per heavy atom. The van der Waals surface area contributed by atoms with E-state index >= 15 is 0 Å². The summed E-state index contributed by atoms with van der Waals surface area (Å²) in [6, 6.07) is 9.53. The summed E-state index contributed by atoms with van der Waals surface area (Å²) in [6.07, 6.45) is 2.86. The van der Waals surface area contributed by atoms with E-state index in [1.54, 1.807) is 6.07 Å². The van der Waals surface area contributed by atoms with Crippen molar-refractivity contribution < 1.29 is 0 Å². The van der Waals surface area contributed by atoms with Gasteiger partial charge >= 0.3 is 0 Å². The van der Waals surface area contributed by atoms with Gasteiger partial charge in [0.1, 0.15) is 0 Å². The number of hydrogen-bond donors (Lipinski definition) is 0. The molecule has 0 aliphatic rings. The molecule has 1 aromatic carbocycles. The van der Waals surface area contributed by atoms with E-state index in [4.69, 9.17) is 5.26 Å². The summed E-state index contributed by atoms with van der Waals surface area (Å²) < 4.78 is 0. The minimum atomic E-state index is 0.681. The summed E-state index contributed by atoms with van der Waals surface area (Å²) in [4.78, 5) is 4.20. The SMILES string of the molecule is CCCN=Cc1cccc(C#N)c1. The van der Waals surface area contributed by atoms with Crippen LogP contribution in [-0.4, -0.2) is 12.8 Å². The lowest BCUT2D eigenvalue weighted by Crippen LogP contribution is -1.84. The van der Waals surface area contributed by atoms with Crippen molar-refractivity contribution in [3.05, 3.63) is 35.4 Å². The van der Waals surface area contributed by atoms with Crippen molar-refractivity contribution in [1.29, 1.82) is 5.26 Å². The van der Waals surface area contributed by atoms with E-state index < -0.39 is 0 Å². The van der Waals surface area contributed by atoms with Crippen LogP contribution in [0.2, 0.25) is 0 Å². The molecule has 0 saturated heterocycles. The first-order valence-electron chi connectivity index (χ1n) is 4.37. The Morgan fingerprint density at radius 2 is 2.38 bits per heavy atom. The van der Waals surface area contributed by atoms with E-state index in [1.165, 1.54) is 0 Å². The number of benzene rings is 1. The molecular formula is C11H12N2. The molecule has 0 spiro atoms. The Bertz CT molecular complexity index is 334. The van der Waals surface area contributed by atoms with Gasteiger partial charge in [0, 0.05) is 12.8 Å². The first-order valence-corrected chi connectivity index (χ1v) is 4.37. The molecular weight excluding hydrogens is 160 g/mol. The zero-order valence-corrected chi connectivity index (χ0v) is 7.70. The topological polar surface area (TPSA) is 36.1 Å². The molecule has 0 radical (unpaired) electrons. The van der Waals surface area contributed by atoms with Crippen LogP contribution in [0.25, 0.3) is 0 Å². The molecule has 0 unspecified atom stereocenters. The van der Waals surface area contributed by atoms with Gasteiger partial charge in [-0.3, -0.25) is 4.99 Å². The third-order valence-corrected chi connectivity index (χ3v) is 1.61. The first-order chi connectivity index (χ1) is 6.36. The molecule has 0 bridgehead atoms. The van der Waals surface area contributed by atoms with Gasteiger partial charge in [-0.1, -0.05) is 19.1 Å². The van der Waals surface area contributed by atoms with Gasteiger partial charge in [-0.2, -0.15) is 5.26 Å². The van der Waals surface area contributed by atoms with Crippen LogP contribution in [0, 0.1) is 11.3 Å². The summed E-state index contributed by atoms with van der Waals surface area (Å²) in [6.45, 7) is 2.93. The highest BCUT2D eigenvalue weighted by Gasteiger charge is 1.90. The third kappa shape index (κ3) is 3.08. The summed E-state index contributed by atoms with van der Waals surface area (Å²) in [5, 5.41) is 8.64. The maximum atomic E-state index is 8.64. The fourth-order valence-electron chi connectivity index (χ4n) is 0.988. The van der Waals surface area contributed by atoms with Gasteiger partial charge in [0.2, 0.25) is 0 Å². The summed E-state index contributed by atoms with van der Waals surface area (Å²) in [5.74, 6) is 0. The van der Waals surface area contributed by atoms with Crippen LogP contribution in [0.1, 0.15) is 24.5 Å². The minimum Gasteiger partial charge on any atom is -0.293 e. The van der Waals surface area contributed by atoms with Crippen molar-refractivity contribution >= 4 is 6.21 Å². The van der Waals surface area contributed by atoms with Gasteiger partial charge in [0.15, 0.2) is 0 Å². The molecule has 2 heteroatoms. The number of nitrogens with zero attached hydrogens (tertiary/aromatic N) is 2. The number of hydrogen-bond acceptors (Lipinski definition) is 2. The zero-order chi connectivity index (χ0) is 9.52. The quantitative estimate of drug-likeness (QED) is 0.645. The van der Waals surface area contributed by atoms with Gasteiger partial charge in [-0.25, -0.2) is 0 Å². The summed E-state index contributed by atoms with van der Waals surface area (Å²) in [5.41, 5.74) is 1.67. The molecule has 0 heterocycles. The van der Waals surface area contributed by atoms with Gasteiger partial charge in [0.05, 0.1) is 11.6 Å². The minimum absolute atomic E-state index is 0.681. The lowest BCUT2D eigenvalue weighted by Gasteiger charge is -1.92. The molecule has 0 N–H and O–H groups in total. The van der Waals surface area contributed by atoms with E-state index in [9.17, 15) is 0 Å². The summed E-state index contributed by atoms with van der Waals surface area (Å²) >= 11 is 0. The maximum absolute atomic E-state index is 8.64. The number of aliphatic imine (C=N–C) groups is 1. The third-order valence-electron chi connectivity index (χ3n) is 1.61. The Kier molecular flexibility index (Phi) is 3.72. The molecule has 0 aliphatic heterocycles. The van der Waals surface area contributed by atoms with E-state index in [1.807, 2.05) is 24.4 Å². The lowest BCUT2D eigenvalue weighted by molar-refractivity contribution is 0.937. The van der Waals surface area contributed by atoms with E-state index in [0.29, 0.717) is 5.56 Å². The molecule has 1 aromatic rings. The first kappa shape index (κ1) is 9.47. The molecule has 0 saturated carbocycles. The molecule has 2 nitrogen and oxygen atoms in total. The largest absolute Gasteiger partial charge is 0.293 e. The van der Waals surface area contributed by atoms with Crippen LogP contribution in [0.3, 0.4) is 0 Å². The van der Waals surface area contributed by atoms with Crippen LogP contribution < -0.4 is 0 Å². The average molecular weight is 172 g/mol. The second-order valence-electron chi connectivity index (χ2n) is 2.77. The Balaban J connectivity index is 2.73. The second-order valence-corrected chi connectivity index (χ2v) is 2.77. The molecule has 0 atom stereocenters. The van der Waals surface area contributed by atoms with E-state index in [2.05, 4.69) is 18.0 Å². The molecule has 0 aliphatic carbocycles. The van der Waals surface area contributed by atoms with Crippen molar-refractivity contribution in [2.24, 2.45) is 4.99 Å². The van der Waals surface area contributed by atoms with Crippen LogP contribution in [0.15, 0.2) is 29.3 Å². The predicted molar refractivity (Wildman–Crippen MR) is 53.9 cm³/mol. The number of nitriles is 1. The highest BCUT2D eigenvalue weighted by molar-refractivity contribution is 5.80. The molecule has 1 rings (SSSR count). The Labute approximate surface area is 78.5 Å². The van der Waals surface area contributed by atoms with Gasteiger partial charge in [0.25, 0.3) is 0 Å². The van der Waals surface area contributed by atoms with Gasteiger partial charge in [-0.05, 0) is 24.1 Å². The smallest absolute Gasteiger partial charge is 0.0991 e. The summed E-state index contributed by atoms with van der Waals surface area (Å²) in [7, 11) is 0. The predicted octanol–water partition coefficient (Wildman–Crippen LogP) is 2.39. The van der Waals surface area contributed by atoms with Crippen molar-refractivity contribution in [3.63, 3.8) is 0 Å². The van der Waals surface area contributed by atoms with Crippen molar-refractivity contribution in [2.75, 3.05) is 6.54 Å². The highest BCUT2D eigenvalue weighted by Crippen LogP contribution is 2.01. The maximum Gasteiger partial charge on any atom is 0.0991 e. The molecule has 0 aromatic heterocycles.